The van der Waals surface area contributed by atoms with Crippen molar-refractivity contribution in [1.29, 1.82) is 0 Å². The number of hydrogen-bond donors (Lipinski definition) is 1. The zero-order valence-electron chi connectivity index (χ0n) is 15.5. The molecule has 0 bridgehead atoms. The Labute approximate surface area is 179 Å². The van der Waals surface area contributed by atoms with Gasteiger partial charge in [-0.05, 0) is 42.0 Å². The molecule has 1 heterocycles. The van der Waals surface area contributed by atoms with Crippen LogP contribution in [0.1, 0.15) is 11.1 Å². The number of ether oxygens (including phenoxy) is 1. The zero-order valence-corrected chi connectivity index (χ0v) is 17.2. The fraction of sp³-hybridized carbons (Fsp3) is 0.150. The van der Waals surface area contributed by atoms with E-state index in [4.69, 9.17) is 17.0 Å². The molecule has 1 saturated heterocycles. The SMILES string of the molecule is CN1C(=O)/C(=C/c2ccc(OCC(=O)Nc3cccc(C(F)(F)F)c3)cc2)SC1=S. The van der Waals surface area contributed by atoms with Crippen LogP contribution in [0.25, 0.3) is 6.08 Å². The number of thioether (sulfide) groups is 1. The first-order valence-electron chi connectivity index (χ1n) is 8.55. The highest BCUT2D eigenvalue weighted by molar-refractivity contribution is 8.26. The first-order valence-corrected chi connectivity index (χ1v) is 9.77. The highest BCUT2D eigenvalue weighted by Gasteiger charge is 2.30. The molecular formula is C20H15F3N2O3S2. The van der Waals surface area contributed by atoms with E-state index >= 15 is 0 Å². The molecule has 0 radical (unpaired) electrons. The lowest BCUT2D eigenvalue weighted by Crippen LogP contribution is -2.22. The van der Waals surface area contributed by atoms with E-state index in [2.05, 4.69) is 5.32 Å². The Bertz CT molecular complexity index is 1020. The van der Waals surface area contributed by atoms with Crippen LogP contribution in [0.15, 0.2) is 53.4 Å². The summed E-state index contributed by atoms with van der Waals surface area (Å²) in [5, 5.41) is 2.37. The van der Waals surface area contributed by atoms with Crippen molar-refractivity contribution in [2.45, 2.75) is 6.18 Å². The molecule has 2 aromatic carbocycles. The second-order valence-electron chi connectivity index (χ2n) is 6.23. The van der Waals surface area contributed by atoms with Crippen molar-refractivity contribution in [2.75, 3.05) is 19.0 Å². The van der Waals surface area contributed by atoms with Crippen LogP contribution in [0, 0.1) is 0 Å². The van der Waals surface area contributed by atoms with E-state index in [0.717, 1.165) is 17.7 Å². The lowest BCUT2D eigenvalue weighted by molar-refractivity contribution is -0.137. The van der Waals surface area contributed by atoms with E-state index < -0.39 is 17.6 Å². The molecule has 5 nitrogen and oxygen atoms in total. The molecule has 1 aliphatic heterocycles. The Balaban J connectivity index is 1.56. The largest absolute Gasteiger partial charge is 0.484 e. The molecule has 0 unspecified atom stereocenters. The van der Waals surface area contributed by atoms with Crippen molar-refractivity contribution in [3.63, 3.8) is 0 Å². The maximum atomic E-state index is 12.7. The fourth-order valence-corrected chi connectivity index (χ4v) is 3.66. The van der Waals surface area contributed by atoms with Gasteiger partial charge in [0.1, 0.15) is 10.1 Å². The molecule has 0 aliphatic carbocycles. The van der Waals surface area contributed by atoms with Gasteiger partial charge in [0, 0.05) is 12.7 Å². The van der Waals surface area contributed by atoms with Gasteiger partial charge in [-0.3, -0.25) is 14.5 Å². The van der Waals surface area contributed by atoms with Crippen LogP contribution >= 0.6 is 24.0 Å². The maximum absolute atomic E-state index is 12.7. The van der Waals surface area contributed by atoms with E-state index in [9.17, 15) is 22.8 Å². The van der Waals surface area contributed by atoms with E-state index in [1.807, 2.05) is 0 Å². The molecule has 1 fully saturated rings. The third-order valence-corrected chi connectivity index (χ3v) is 5.49. The van der Waals surface area contributed by atoms with Crippen molar-refractivity contribution in [3.05, 3.63) is 64.6 Å². The van der Waals surface area contributed by atoms with Gasteiger partial charge in [-0.1, -0.05) is 42.2 Å². The topological polar surface area (TPSA) is 58.6 Å². The molecule has 10 heteroatoms. The van der Waals surface area contributed by atoms with Gasteiger partial charge < -0.3 is 10.1 Å². The molecule has 156 valence electrons. The summed E-state index contributed by atoms with van der Waals surface area (Å²) < 4.78 is 44.0. The van der Waals surface area contributed by atoms with Gasteiger partial charge in [0.05, 0.1) is 10.5 Å². The monoisotopic (exact) mass is 452 g/mol. The van der Waals surface area contributed by atoms with Crippen molar-refractivity contribution in [1.82, 2.24) is 4.90 Å². The van der Waals surface area contributed by atoms with Gasteiger partial charge in [0.25, 0.3) is 11.8 Å². The van der Waals surface area contributed by atoms with Gasteiger partial charge in [-0.15, -0.1) is 0 Å². The van der Waals surface area contributed by atoms with Crippen LogP contribution in [0.3, 0.4) is 0 Å². The first-order chi connectivity index (χ1) is 14.1. The Kier molecular flexibility index (Phi) is 6.47. The summed E-state index contributed by atoms with van der Waals surface area (Å²) in [5.74, 6) is -0.365. The number of likely N-dealkylation sites (N-methyl/N-ethyl adjacent to an activating group) is 1. The number of alkyl halides is 3. The van der Waals surface area contributed by atoms with Crippen molar-refractivity contribution >= 4 is 51.9 Å². The molecule has 0 atom stereocenters. The molecule has 3 rings (SSSR count). The Morgan fingerprint density at radius 2 is 1.93 bits per heavy atom. The van der Waals surface area contributed by atoms with Gasteiger partial charge in [-0.2, -0.15) is 13.2 Å². The maximum Gasteiger partial charge on any atom is 0.416 e. The number of amides is 2. The van der Waals surface area contributed by atoms with E-state index in [-0.39, 0.29) is 18.2 Å². The molecular weight excluding hydrogens is 437 g/mol. The van der Waals surface area contributed by atoms with Gasteiger partial charge in [0.2, 0.25) is 0 Å². The molecule has 2 aromatic rings. The summed E-state index contributed by atoms with van der Waals surface area (Å²) in [4.78, 5) is 25.9. The predicted molar refractivity (Wildman–Crippen MR) is 113 cm³/mol. The molecule has 0 spiro atoms. The zero-order chi connectivity index (χ0) is 21.9. The first kappa shape index (κ1) is 21.8. The average molecular weight is 452 g/mol. The van der Waals surface area contributed by atoms with Crippen LogP contribution in [0.5, 0.6) is 5.75 Å². The number of benzene rings is 2. The number of carbonyl (C=O) groups is 2. The second-order valence-corrected chi connectivity index (χ2v) is 7.90. The quantitative estimate of drug-likeness (QED) is 0.533. The Hall–Kier alpha value is -2.85. The summed E-state index contributed by atoms with van der Waals surface area (Å²) in [6.45, 7) is -0.371. The molecule has 0 saturated carbocycles. The summed E-state index contributed by atoms with van der Waals surface area (Å²) >= 11 is 6.29. The molecule has 2 amide bonds. The number of nitrogens with zero attached hydrogens (tertiary/aromatic N) is 1. The number of anilines is 1. The average Bonchev–Trinajstić information content (AvgIpc) is 2.94. The van der Waals surface area contributed by atoms with Crippen molar-refractivity contribution in [2.24, 2.45) is 0 Å². The van der Waals surface area contributed by atoms with Crippen LogP contribution in [0.4, 0.5) is 18.9 Å². The highest BCUT2D eigenvalue weighted by Crippen LogP contribution is 2.32. The number of nitrogens with one attached hydrogen (secondary N) is 1. The van der Waals surface area contributed by atoms with Crippen LogP contribution in [0.2, 0.25) is 0 Å². The molecule has 0 aromatic heterocycles. The minimum Gasteiger partial charge on any atom is -0.484 e. The van der Waals surface area contributed by atoms with Gasteiger partial charge in [0.15, 0.2) is 6.61 Å². The summed E-state index contributed by atoms with van der Waals surface area (Å²) in [7, 11) is 1.61. The number of halogens is 3. The molecule has 1 N–H and O–H groups in total. The van der Waals surface area contributed by atoms with E-state index in [1.165, 1.54) is 28.8 Å². The van der Waals surface area contributed by atoms with Crippen LogP contribution in [-0.2, 0) is 15.8 Å². The predicted octanol–water partition coefficient (Wildman–Crippen LogP) is 4.55. The third kappa shape index (κ3) is 5.39. The Morgan fingerprint density at radius 3 is 2.53 bits per heavy atom. The second kappa shape index (κ2) is 8.88. The van der Waals surface area contributed by atoms with Gasteiger partial charge >= 0.3 is 6.18 Å². The lowest BCUT2D eigenvalue weighted by atomic mass is 10.2. The van der Waals surface area contributed by atoms with Gasteiger partial charge in [-0.25, -0.2) is 0 Å². The smallest absolute Gasteiger partial charge is 0.416 e. The van der Waals surface area contributed by atoms with E-state index in [1.54, 1.807) is 37.4 Å². The highest BCUT2D eigenvalue weighted by atomic mass is 32.2. The molecule has 30 heavy (non-hydrogen) atoms. The summed E-state index contributed by atoms with van der Waals surface area (Å²) in [6.07, 6.45) is -2.79. The third-order valence-electron chi connectivity index (χ3n) is 4.01. The summed E-state index contributed by atoms with van der Waals surface area (Å²) in [5.41, 5.74) is -0.0662. The van der Waals surface area contributed by atoms with E-state index in [0.29, 0.717) is 15.0 Å². The lowest BCUT2D eigenvalue weighted by Gasteiger charge is -2.10. The van der Waals surface area contributed by atoms with Crippen LogP contribution < -0.4 is 10.1 Å². The number of hydrogen-bond acceptors (Lipinski definition) is 5. The molecule has 1 aliphatic rings. The van der Waals surface area contributed by atoms with Crippen molar-refractivity contribution < 1.29 is 27.5 Å². The van der Waals surface area contributed by atoms with Crippen molar-refractivity contribution in [3.8, 4) is 5.75 Å². The minimum atomic E-state index is -4.49. The minimum absolute atomic E-state index is 0.0296. The summed E-state index contributed by atoms with van der Waals surface area (Å²) in [6, 6.07) is 11.0. The number of thiocarbonyl (C=S) groups is 1. The standard InChI is InChI=1S/C20H15F3N2O3S2/c1-25-18(27)16(30-19(25)29)9-12-5-7-15(8-6-12)28-11-17(26)24-14-4-2-3-13(10-14)20(21,22)23/h2-10H,11H2,1H3,(H,24,26)/b16-9-. The Morgan fingerprint density at radius 1 is 1.23 bits per heavy atom. The fourth-order valence-electron chi connectivity index (χ4n) is 2.48. The van der Waals surface area contributed by atoms with Crippen LogP contribution in [-0.4, -0.2) is 34.7 Å². The normalized spacial score (nSPS) is 15.6. The number of carbonyl (C=O) groups excluding carboxylic acids is 2. The number of rotatable bonds is 5.